The fraction of sp³-hybridized carbons (Fsp3) is 0.381. The summed E-state index contributed by atoms with van der Waals surface area (Å²) in [5.41, 5.74) is 2.09. The van der Waals surface area contributed by atoms with Crippen molar-refractivity contribution in [1.82, 2.24) is 9.80 Å². The van der Waals surface area contributed by atoms with Crippen LogP contribution in [0.15, 0.2) is 46.9 Å². The van der Waals surface area contributed by atoms with Crippen molar-refractivity contribution in [3.05, 3.63) is 52.4 Å². The Morgan fingerprint density at radius 1 is 1.25 bits per heavy atom. The summed E-state index contributed by atoms with van der Waals surface area (Å²) < 4.78 is 5.83. The van der Waals surface area contributed by atoms with Crippen molar-refractivity contribution < 1.29 is 14.3 Å². The topological polar surface area (TPSA) is 49.9 Å². The van der Waals surface area contributed by atoms with Gasteiger partial charge in [-0.15, -0.1) is 0 Å². The second-order valence-electron chi connectivity index (χ2n) is 6.73. The quantitative estimate of drug-likeness (QED) is 0.525. The number of allylic oxidation sites excluding steroid dienone is 2. The van der Waals surface area contributed by atoms with Crippen molar-refractivity contribution in [2.24, 2.45) is 0 Å². The molecule has 2 aliphatic rings. The molecule has 2 fully saturated rings. The number of carbonyl (C=O) groups excluding carboxylic acids is 2. The molecule has 148 valence electrons. The maximum absolute atomic E-state index is 12.7. The van der Waals surface area contributed by atoms with Crippen LogP contribution in [-0.4, -0.2) is 58.8 Å². The van der Waals surface area contributed by atoms with E-state index in [0.717, 1.165) is 11.1 Å². The summed E-state index contributed by atoms with van der Waals surface area (Å²) in [6, 6.07) is 9.98. The standard InChI is InChI=1S/C21H24N2O3S2/c1-16(14-17-6-3-2-4-7-17)15-18-20(25)23(21(27)28-18)9-5-8-19(24)22-10-12-26-13-11-22/h2-4,6-7,14-15H,5,8-13H2,1H3/b16-14+,18-15-. The lowest BCUT2D eigenvalue weighted by Gasteiger charge is -2.27. The maximum Gasteiger partial charge on any atom is 0.266 e. The van der Waals surface area contributed by atoms with Crippen LogP contribution < -0.4 is 0 Å². The molecule has 7 heteroatoms. The molecule has 2 heterocycles. The SMILES string of the molecule is CC(/C=C1\SC(=S)N(CCCC(=O)N2CCOCC2)C1=O)=C\c1ccccc1. The number of hydrogen-bond donors (Lipinski definition) is 0. The first-order chi connectivity index (χ1) is 13.5. The molecule has 1 aromatic carbocycles. The first-order valence-electron chi connectivity index (χ1n) is 9.39. The zero-order valence-electron chi connectivity index (χ0n) is 15.9. The molecule has 3 rings (SSSR count). The summed E-state index contributed by atoms with van der Waals surface area (Å²) in [5.74, 6) is 0.0422. The van der Waals surface area contributed by atoms with Crippen LogP contribution in [0.5, 0.6) is 0 Å². The van der Waals surface area contributed by atoms with Crippen LogP contribution in [0.2, 0.25) is 0 Å². The molecule has 0 N–H and O–H groups in total. The van der Waals surface area contributed by atoms with Gasteiger partial charge in [0.15, 0.2) is 0 Å². The molecule has 0 aliphatic carbocycles. The molecule has 2 aliphatic heterocycles. The van der Waals surface area contributed by atoms with E-state index >= 15 is 0 Å². The molecule has 0 radical (unpaired) electrons. The van der Waals surface area contributed by atoms with Crippen LogP contribution in [0.4, 0.5) is 0 Å². The van der Waals surface area contributed by atoms with Gasteiger partial charge in [0.05, 0.1) is 18.1 Å². The third-order valence-corrected chi connectivity index (χ3v) is 5.94. The zero-order valence-corrected chi connectivity index (χ0v) is 17.6. The van der Waals surface area contributed by atoms with Crippen LogP contribution in [0.3, 0.4) is 0 Å². The lowest BCUT2D eigenvalue weighted by Crippen LogP contribution is -2.41. The van der Waals surface area contributed by atoms with E-state index in [4.69, 9.17) is 17.0 Å². The lowest BCUT2D eigenvalue weighted by atomic mass is 10.1. The first-order valence-corrected chi connectivity index (χ1v) is 10.6. The van der Waals surface area contributed by atoms with E-state index in [2.05, 4.69) is 0 Å². The second-order valence-corrected chi connectivity index (χ2v) is 8.40. The van der Waals surface area contributed by atoms with Crippen molar-refractivity contribution in [3.63, 3.8) is 0 Å². The molecule has 2 saturated heterocycles. The number of ether oxygens (including phenoxy) is 1. The summed E-state index contributed by atoms with van der Waals surface area (Å²) in [6.07, 6.45) is 4.94. The Balaban J connectivity index is 1.54. The van der Waals surface area contributed by atoms with Crippen LogP contribution in [-0.2, 0) is 14.3 Å². The van der Waals surface area contributed by atoms with Crippen LogP contribution in [0, 0.1) is 0 Å². The molecule has 0 saturated carbocycles. The fourth-order valence-electron chi connectivity index (χ4n) is 3.11. The molecule has 0 aromatic heterocycles. The molecular weight excluding hydrogens is 392 g/mol. The summed E-state index contributed by atoms with van der Waals surface area (Å²) in [4.78, 5) is 29.0. The molecule has 28 heavy (non-hydrogen) atoms. The van der Waals surface area contributed by atoms with E-state index in [-0.39, 0.29) is 11.8 Å². The Hall–Kier alpha value is -1.96. The number of morpholine rings is 1. The zero-order chi connectivity index (χ0) is 19.9. The number of thiocarbonyl (C=S) groups is 1. The van der Waals surface area contributed by atoms with Gasteiger partial charge in [0.1, 0.15) is 4.32 Å². The van der Waals surface area contributed by atoms with Gasteiger partial charge in [0.2, 0.25) is 5.91 Å². The molecule has 0 spiro atoms. The fourth-order valence-corrected chi connectivity index (χ4v) is 4.47. The Labute approximate surface area is 175 Å². The predicted octanol–water partition coefficient (Wildman–Crippen LogP) is 3.47. The van der Waals surface area contributed by atoms with Crippen LogP contribution in [0.25, 0.3) is 6.08 Å². The summed E-state index contributed by atoms with van der Waals surface area (Å²) >= 11 is 6.70. The molecule has 2 amide bonds. The highest BCUT2D eigenvalue weighted by atomic mass is 32.2. The van der Waals surface area contributed by atoms with Gasteiger partial charge in [-0.25, -0.2) is 0 Å². The number of hydrogen-bond acceptors (Lipinski definition) is 5. The highest BCUT2D eigenvalue weighted by Gasteiger charge is 2.31. The number of benzene rings is 1. The van der Waals surface area contributed by atoms with Gasteiger partial charge in [-0.05, 0) is 30.6 Å². The Kier molecular flexibility index (Phi) is 7.42. The Bertz CT molecular complexity index is 799. The van der Waals surface area contributed by atoms with E-state index in [1.807, 2.05) is 54.3 Å². The Morgan fingerprint density at radius 2 is 1.96 bits per heavy atom. The first kappa shape index (κ1) is 20.8. The van der Waals surface area contributed by atoms with Gasteiger partial charge in [-0.2, -0.15) is 0 Å². The highest BCUT2D eigenvalue weighted by molar-refractivity contribution is 8.26. The van der Waals surface area contributed by atoms with Crippen molar-refractivity contribution in [3.8, 4) is 0 Å². The molecule has 5 nitrogen and oxygen atoms in total. The van der Waals surface area contributed by atoms with Gasteiger partial charge >= 0.3 is 0 Å². The summed E-state index contributed by atoms with van der Waals surface area (Å²) in [6.45, 7) is 4.94. The predicted molar refractivity (Wildman–Crippen MR) is 117 cm³/mol. The number of rotatable bonds is 6. The number of carbonyl (C=O) groups is 2. The lowest BCUT2D eigenvalue weighted by molar-refractivity contribution is -0.135. The van der Waals surface area contributed by atoms with E-state index in [0.29, 0.717) is 54.9 Å². The monoisotopic (exact) mass is 416 g/mol. The van der Waals surface area contributed by atoms with E-state index in [9.17, 15) is 9.59 Å². The largest absolute Gasteiger partial charge is 0.378 e. The minimum Gasteiger partial charge on any atom is -0.378 e. The average molecular weight is 417 g/mol. The van der Waals surface area contributed by atoms with Crippen molar-refractivity contribution >= 4 is 46.2 Å². The van der Waals surface area contributed by atoms with Crippen LogP contribution in [0.1, 0.15) is 25.3 Å². The molecule has 0 bridgehead atoms. The van der Waals surface area contributed by atoms with Gasteiger partial charge in [-0.3, -0.25) is 14.5 Å². The van der Waals surface area contributed by atoms with Gasteiger partial charge in [-0.1, -0.05) is 60.4 Å². The minimum absolute atomic E-state index is 0.0744. The van der Waals surface area contributed by atoms with E-state index in [1.165, 1.54) is 11.8 Å². The normalized spacial score (nSPS) is 19.6. The van der Waals surface area contributed by atoms with Gasteiger partial charge in [0.25, 0.3) is 5.91 Å². The third-order valence-electron chi connectivity index (χ3n) is 4.56. The second kappa shape index (κ2) is 10.0. The van der Waals surface area contributed by atoms with E-state index in [1.54, 1.807) is 4.90 Å². The number of amides is 2. The third kappa shape index (κ3) is 5.53. The molecular formula is C21H24N2O3S2. The smallest absolute Gasteiger partial charge is 0.266 e. The molecule has 1 aromatic rings. The highest BCUT2D eigenvalue weighted by Crippen LogP contribution is 2.32. The summed E-state index contributed by atoms with van der Waals surface area (Å²) in [5, 5.41) is 0. The van der Waals surface area contributed by atoms with E-state index < -0.39 is 0 Å². The number of thioether (sulfide) groups is 1. The van der Waals surface area contributed by atoms with Crippen molar-refractivity contribution in [2.75, 3.05) is 32.8 Å². The maximum atomic E-state index is 12.7. The molecule has 0 atom stereocenters. The van der Waals surface area contributed by atoms with Gasteiger partial charge < -0.3 is 9.64 Å². The van der Waals surface area contributed by atoms with Crippen molar-refractivity contribution in [1.29, 1.82) is 0 Å². The van der Waals surface area contributed by atoms with Crippen molar-refractivity contribution in [2.45, 2.75) is 19.8 Å². The summed E-state index contributed by atoms with van der Waals surface area (Å²) in [7, 11) is 0. The molecule has 0 unspecified atom stereocenters. The minimum atomic E-state index is -0.0744. The number of nitrogens with zero attached hydrogens (tertiary/aromatic N) is 2. The van der Waals surface area contributed by atoms with Crippen LogP contribution >= 0.6 is 24.0 Å². The Morgan fingerprint density at radius 3 is 2.68 bits per heavy atom. The average Bonchev–Trinajstić information content (AvgIpc) is 2.96. The van der Waals surface area contributed by atoms with Gasteiger partial charge in [0, 0.05) is 26.1 Å².